The highest BCUT2D eigenvalue weighted by Crippen LogP contribution is 2.23. The van der Waals surface area contributed by atoms with Gasteiger partial charge in [0.2, 0.25) is 0 Å². The standard InChI is InChI=1S/C20H17ClFN3O3/c1-10-11(2)24-18-8-13(4-6-17(18)23-10)20(27)28-12(3)19(26)25-16-7-5-14(22)9-15(16)21/h4-9,12H,1-3H3,(H,25,26)/t12-/m1/s1. The first-order chi connectivity index (χ1) is 13.2. The summed E-state index contributed by atoms with van der Waals surface area (Å²) in [5.74, 6) is -1.78. The number of amides is 1. The number of aromatic nitrogens is 2. The van der Waals surface area contributed by atoms with E-state index in [0.717, 1.165) is 23.5 Å². The van der Waals surface area contributed by atoms with Gasteiger partial charge < -0.3 is 10.1 Å². The Balaban J connectivity index is 1.71. The number of aryl methyl sites for hydroxylation is 2. The maximum absolute atomic E-state index is 13.1. The van der Waals surface area contributed by atoms with Gasteiger partial charge in [-0.25, -0.2) is 19.2 Å². The number of ether oxygens (including phenoxy) is 1. The summed E-state index contributed by atoms with van der Waals surface area (Å²) in [5.41, 5.74) is 3.28. The van der Waals surface area contributed by atoms with E-state index in [1.807, 2.05) is 13.8 Å². The molecule has 3 rings (SSSR count). The van der Waals surface area contributed by atoms with Gasteiger partial charge in [-0.3, -0.25) is 4.79 Å². The van der Waals surface area contributed by atoms with E-state index in [4.69, 9.17) is 16.3 Å². The molecule has 0 aliphatic heterocycles. The molecular weight excluding hydrogens is 385 g/mol. The number of esters is 1. The minimum Gasteiger partial charge on any atom is -0.449 e. The van der Waals surface area contributed by atoms with Gasteiger partial charge in [0.25, 0.3) is 5.91 Å². The van der Waals surface area contributed by atoms with Crippen LogP contribution in [0.15, 0.2) is 36.4 Å². The molecule has 1 atom stereocenters. The highest BCUT2D eigenvalue weighted by atomic mass is 35.5. The molecule has 1 aromatic heterocycles. The average Bonchev–Trinajstić information content (AvgIpc) is 2.64. The van der Waals surface area contributed by atoms with Crippen LogP contribution in [0, 0.1) is 19.7 Å². The molecule has 2 aromatic carbocycles. The summed E-state index contributed by atoms with van der Waals surface area (Å²) in [6.45, 7) is 5.12. The van der Waals surface area contributed by atoms with Crippen LogP contribution in [0.3, 0.4) is 0 Å². The van der Waals surface area contributed by atoms with Gasteiger partial charge >= 0.3 is 5.97 Å². The predicted octanol–water partition coefficient (Wildman–Crippen LogP) is 4.22. The Morgan fingerprint density at radius 3 is 2.43 bits per heavy atom. The Kier molecular flexibility index (Phi) is 5.56. The molecule has 0 spiro atoms. The lowest BCUT2D eigenvalue weighted by Crippen LogP contribution is -2.30. The fourth-order valence-electron chi connectivity index (χ4n) is 2.46. The third-order valence-electron chi connectivity index (χ3n) is 4.15. The fourth-order valence-corrected chi connectivity index (χ4v) is 2.68. The molecule has 0 saturated heterocycles. The number of rotatable bonds is 4. The highest BCUT2D eigenvalue weighted by Gasteiger charge is 2.20. The van der Waals surface area contributed by atoms with Crippen molar-refractivity contribution in [1.29, 1.82) is 0 Å². The molecule has 0 fully saturated rings. The number of anilines is 1. The molecule has 28 heavy (non-hydrogen) atoms. The topological polar surface area (TPSA) is 81.2 Å². The maximum atomic E-state index is 13.1. The molecule has 8 heteroatoms. The summed E-state index contributed by atoms with van der Waals surface area (Å²) in [6, 6.07) is 8.38. The van der Waals surface area contributed by atoms with E-state index >= 15 is 0 Å². The van der Waals surface area contributed by atoms with Gasteiger partial charge in [0.05, 0.1) is 38.7 Å². The van der Waals surface area contributed by atoms with E-state index in [1.54, 1.807) is 18.2 Å². The minimum absolute atomic E-state index is 0.0469. The van der Waals surface area contributed by atoms with E-state index in [9.17, 15) is 14.0 Å². The van der Waals surface area contributed by atoms with Gasteiger partial charge in [0.15, 0.2) is 6.10 Å². The number of halogens is 2. The molecule has 0 radical (unpaired) electrons. The molecule has 0 saturated carbocycles. The SMILES string of the molecule is Cc1nc2ccc(C(=O)O[C@H](C)C(=O)Nc3ccc(F)cc3Cl)cc2nc1C. The number of fused-ring (bicyclic) bond motifs is 1. The van der Waals surface area contributed by atoms with Crippen LogP contribution in [0.2, 0.25) is 5.02 Å². The maximum Gasteiger partial charge on any atom is 0.338 e. The van der Waals surface area contributed by atoms with Crippen molar-refractivity contribution in [1.82, 2.24) is 9.97 Å². The van der Waals surface area contributed by atoms with Gasteiger partial charge in [0.1, 0.15) is 5.82 Å². The van der Waals surface area contributed by atoms with Crippen LogP contribution in [-0.4, -0.2) is 27.9 Å². The molecule has 3 aromatic rings. The van der Waals surface area contributed by atoms with E-state index in [-0.39, 0.29) is 16.3 Å². The van der Waals surface area contributed by atoms with Gasteiger partial charge in [-0.2, -0.15) is 0 Å². The number of hydrogen-bond acceptors (Lipinski definition) is 5. The van der Waals surface area contributed by atoms with E-state index in [2.05, 4.69) is 15.3 Å². The Bertz CT molecular complexity index is 1090. The molecule has 0 aliphatic carbocycles. The summed E-state index contributed by atoms with van der Waals surface area (Å²) < 4.78 is 18.3. The Morgan fingerprint density at radius 1 is 1.07 bits per heavy atom. The first-order valence-corrected chi connectivity index (χ1v) is 8.84. The smallest absolute Gasteiger partial charge is 0.338 e. The van der Waals surface area contributed by atoms with Crippen LogP contribution in [0.25, 0.3) is 11.0 Å². The third-order valence-corrected chi connectivity index (χ3v) is 4.47. The number of nitrogens with one attached hydrogen (secondary N) is 1. The third kappa shape index (κ3) is 4.26. The molecule has 0 bridgehead atoms. The lowest BCUT2D eigenvalue weighted by Gasteiger charge is -2.14. The molecule has 1 amide bonds. The normalized spacial score (nSPS) is 11.9. The average molecular weight is 402 g/mol. The summed E-state index contributed by atoms with van der Waals surface area (Å²) in [5, 5.41) is 2.55. The number of carbonyl (C=O) groups is 2. The number of hydrogen-bond donors (Lipinski definition) is 1. The molecule has 0 aliphatic rings. The molecule has 1 N–H and O–H groups in total. The number of benzene rings is 2. The van der Waals surface area contributed by atoms with E-state index in [0.29, 0.717) is 11.0 Å². The van der Waals surface area contributed by atoms with Gasteiger partial charge in [0, 0.05) is 0 Å². The summed E-state index contributed by atoms with van der Waals surface area (Å²) >= 11 is 5.88. The number of nitrogens with zero attached hydrogens (tertiary/aromatic N) is 2. The second-order valence-corrected chi connectivity index (χ2v) is 6.67. The summed E-state index contributed by atoms with van der Waals surface area (Å²) in [7, 11) is 0. The molecule has 0 unspecified atom stereocenters. The van der Waals surface area contributed by atoms with Crippen LogP contribution in [0.1, 0.15) is 28.7 Å². The van der Waals surface area contributed by atoms with Crippen molar-refractivity contribution in [3.05, 3.63) is 64.2 Å². The van der Waals surface area contributed by atoms with E-state index in [1.165, 1.54) is 13.0 Å². The van der Waals surface area contributed by atoms with Crippen molar-refractivity contribution in [2.24, 2.45) is 0 Å². The second kappa shape index (κ2) is 7.90. The highest BCUT2D eigenvalue weighted by molar-refractivity contribution is 6.33. The van der Waals surface area contributed by atoms with Crippen LogP contribution in [0.4, 0.5) is 10.1 Å². The lowest BCUT2D eigenvalue weighted by atomic mass is 10.2. The summed E-state index contributed by atoms with van der Waals surface area (Å²) in [4.78, 5) is 33.5. The van der Waals surface area contributed by atoms with Crippen LogP contribution in [-0.2, 0) is 9.53 Å². The predicted molar refractivity (Wildman–Crippen MR) is 104 cm³/mol. The van der Waals surface area contributed by atoms with Gasteiger partial charge in [-0.1, -0.05) is 11.6 Å². The largest absolute Gasteiger partial charge is 0.449 e. The second-order valence-electron chi connectivity index (χ2n) is 6.26. The Hall–Kier alpha value is -3.06. The minimum atomic E-state index is -1.09. The zero-order chi connectivity index (χ0) is 20.4. The van der Waals surface area contributed by atoms with E-state index < -0.39 is 23.8 Å². The Labute approximate surface area is 165 Å². The quantitative estimate of drug-likeness (QED) is 0.662. The van der Waals surface area contributed by atoms with Crippen molar-refractivity contribution < 1.29 is 18.7 Å². The summed E-state index contributed by atoms with van der Waals surface area (Å²) in [6.07, 6.45) is -1.09. The number of carbonyl (C=O) groups excluding carboxylic acids is 2. The first kappa shape index (κ1) is 19.7. The fraction of sp³-hybridized carbons (Fsp3) is 0.200. The molecule has 1 heterocycles. The van der Waals surface area contributed by atoms with Crippen molar-refractivity contribution in [2.75, 3.05) is 5.32 Å². The molecule has 144 valence electrons. The first-order valence-electron chi connectivity index (χ1n) is 8.46. The van der Waals surface area contributed by atoms with Crippen molar-refractivity contribution >= 4 is 40.2 Å². The van der Waals surface area contributed by atoms with Crippen LogP contribution >= 0.6 is 11.6 Å². The monoisotopic (exact) mass is 401 g/mol. The zero-order valence-electron chi connectivity index (χ0n) is 15.4. The Morgan fingerprint density at radius 2 is 1.75 bits per heavy atom. The van der Waals surface area contributed by atoms with Crippen LogP contribution in [0.5, 0.6) is 0 Å². The van der Waals surface area contributed by atoms with Crippen molar-refractivity contribution in [3.63, 3.8) is 0 Å². The zero-order valence-corrected chi connectivity index (χ0v) is 16.2. The van der Waals surface area contributed by atoms with Gasteiger partial charge in [-0.15, -0.1) is 0 Å². The molecular formula is C20H17ClFN3O3. The lowest BCUT2D eigenvalue weighted by molar-refractivity contribution is -0.123. The van der Waals surface area contributed by atoms with Crippen molar-refractivity contribution in [3.8, 4) is 0 Å². The van der Waals surface area contributed by atoms with Crippen LogP contribution < -0.4 is 5.32 Å². The van der Waals surface area contributed by atoms with Gasteiger partial charge in [-0.05, 0) is 57.2 Å². The molecule has 6 nitrogen and oxygen atoms in total. The van der Waals surface area contributed by atoms with Crippen molar-refractivity contribution in [2.45, 2.75) is 26.9 Å².